The molecule has 2 amide bonds. The topological polar surface area (TPSA) is 49.9 Å². The molecule has 0 bridgehead atoms. The lowest BCUT2D eigenvalue weighted by atomic mass is 10.1. The van der Waals surface area contributed by atoms with E-state index in [4.69, 9.17) is 28.6 Å². The summed E-state index contributed by atoms with van der Waals surface area (Å²) in [6, 6.07) is 14.3. The molecule has 30 heavy (non-hydrogen) atoms. The van der Waals surface area contributed by atoms with Crippen molar-refractivity contribution in [2.75, 3.05) is 11.4 Å². The molecule has 0 N–H and O–H groups in total. The number of carbonyl (C=O) groups is 2. The molecular formula is C23H23ClN2O3S. The molecule has 0 aliphatic carbocycles. The SMILES string of the molecule is CCCN1C(=O)/C(=C\c2ccc(OC(C)C)c(Cl)c2)C(=O)N(c2ccccc2)C1=S. The van der Waals surface area contributed by atoms with Crippen LogP contribution in [0.4, 0.5) is 5.69 Å². The number of amides is 2. The maximum absolute atomic E-state index is 13.3. The van der Waals surface area contributed by atoms with Crippen molar-refractivity contribution in [3.05, 3.63) is 64.7 Å². The second-order valence-electron chi connectivity index (χ2n) is 7.13. The molecule has 7 heteroatoms. The Balaban J connectivity index is 2.03. The number of anilines is 1. The zero-order chi connectivity index (χ0) is 21.8. The van der Waals surface area contributed by atoms with E-state index in [1.165, 1.54) is 9.80 Å². The molecule has 0 saturated carbocycles. The number of carbonyl (C=O) groups excluding carboxylic acids is 2. The molecule has 2 aromatic carbocycles. The fraction of sp³-hybridized carbons (Fsp3) is 0.261. The molecule has 0 radical (unpaired) electrons. The van der Waals surface area contributed by atoms with Gasteiger partial charge >= 0.3 is 0 Å². The van der Waals surface area contributed by atoms with Crippen LogP contribution in [0, 0.1) is 0 Å². The molecule has 3 rings (SSSR count). The average Bonchev–Trinajstić information content (AvgIpc) is 2.71. The lowest BCUT2D eigenvalue weighted by Crippen LogP contribution is -2.56. The molecule has 156 valence electrons. The Morgan fingerprint density at radius 1 is 1.10 bits per heavy atom. The molecule has 1 fully saturated rings. The first-order chi connectivity index (χ1) is 14.3. The summed E-state index contributed by atoms with van der Waals surface area (Å²) in [5.41, 5.74) is 1.28. The molecule has 0 aromatic heterocycles. The van der Waals surface area contributed by atoms with Crippen LogP contribution in [0.2, 0.25) is 5.02 Å². The predicted octanol–water partition coefficient (Wildman–Crippen LogP) is 5.08. The van der Waals surface area contributed by atoms with E-state index in [0.29, 0.717) is 35.0 Å². The van der Waals surface area contributed by atoms with Gasteiger partial charge in [0.15, 0.2) is 5.11 Å². The third kappa shape index (κ3) is 4.55. The van der Waals surface area contributed by atoms with E-state index in [0.717, 1.165) is 0 Å². The van der Waals surface area contributed by atoms with Crippen LogP contribution in [0.3, 0.4) is 0 Å². The van der Waals surface area contributed by atoms with E-state index >= 15 is 0 Å². The number of halogens is 1. The molecule has 1 aliphatic heterocycles. The van der Waals surface area contributed by atoms with Crippen LogP contribution in [0.5, 0.6) is 5.75 Å². The van der Waals surface area contributed by atoms with Crippen molar-refractivity contribution in [3.63, 3.8) is 0 Å². The Bertz CT molecular complexity index is 1000. The smallest absolute Gasteiger partial charge is 0.270 e. The number of benzene rings is 2. The fourth-order valence-corrected chi connectivity index (χ4v) is 3.72. The molecule has 1 heterocycles. The van der Waals surface area contributed by atoms with E-state index in [1.54, 1.807) is 36.4 Å². The number of hydrogen-bond acceptors (Lipinski definition) is 4. The van der Waals surface area contributed by atoms with Gasteiger partial charge in [-0.25, -0.2) is 0 Å². The minimum Gasteiger partial charge on any atom is -0.489 e. The Labute approximate surface area is 186 Å². The standard InChI is InChI=1S/C23H23ClN2O3S/c1-4-12-25-21(27)18(13-16-10-11-20(19(24)14-16)29-15(2)3)22(28)26(23(25)30)17-8-6-5-7-9-17/h5-11,13-15H,4,12H2,1-3H3/b18-13+. The zero-order valence-electron chi connectivity index (χ0n) is 17.1. The summed E-state index contributed by atoms with van der Waals surface area (Å²) in [5.74, 6) is -0.311. The van der Waals surface area contributed by atoms with Gasteiger partial charge in [0, 0.05) is 6.54 Å². The minimum atomic E-state index is -0.456. The van der Waals surface area contributed by atoms with Crippen LogP contribution >= 0.6 is 23.8 Å². The summed E-state index contributed by atoms with van der Waals surface area (Å²) >= 11 is 11.8. The second kappa shape index (κ2) is 9.41. The van der Waals surface area contributed by atoms with Gasteiger partial charge in [0.1, 0.15) is 11.3 Å². The highest BCUT2D eigenvalue weighted by molar-refractivity contribution is 7.80. The average molecular weight is 443 g/mol. The highest BCUT2D eigenvalue weighted by atomic mass is 35.5. The first-order valence-electron chi connectivity index (χ1n) is 9.76. The van der Waals surface area contributed by atoms with Crippen LogP contribution in [0.25, 0.3) is 6.08 Å². The van der Waals surface area contributed by atoms with Gasteiger partial charge in [-0.3, -0.25) is 19.4 Å². The molecule has 2 aromatic rings. The summed E-state index contributed by atoms with van der Waals surface area (Å²) in [5, 5.41) is 0.600. The Hall–Kier alpha value is -2.70. The summed E-state index contributed by atoms with van der Waals surface area (Å²) in [7, 11) is 0. The van der Waals surface area contributed by atoms with Gasteiger partial charge in [0.2, 0.25) is 0 Å². The first-order valence-corrected chi connectivity index (χ1v) is 10.5. The second-order valence-corrected chi connectivity index (χ2v) is 7.90. The van der Waals surface area contributed by atoms with Crippen molar-refractivity contribution >= 4 is 52.5 Å². The third-order valence-corrected chi connectivity index (χ3v) is 5.12. The Kier molecular flexibility index (Phi) is 6.90. The van der Waals surface area contributed by atoms with Crippen LogP contribution in [-0.4, -0.2) is 34.5 Å². The molecule has 0 atom stereocenters. The Morgan fingerprint density at radius 3 is 2.40 bits per heavy atom. The highest BCUT2D eigenvalue weighted by Gasteiger charge is 2.39. The molecule has 0 unspecified atom stereocenters. The number of ether oxygens (including phenoxy) is 1. The van der Waals surface area contributed by atoms with Crippen molar-refractivity contribution < 1.29 is 14.3 Å². The Morgan fingerprint density at radius 2 is 1.80 bits per heavy atom. The van der Waals surface area contributed by atoms with Gasteiger partial charge in [-0.15, -0.1) is 0 Å². The van der Waals surface area contributed by atoms with Gasteiger partial charge < -0.3 is 4.74 Å². The van der Waals surface area contributed by atoms with Gasteiger partial charge in [-0.1, -0.05) is 42.8 Å². The summed E-state index contributed by atoms with van der Waals surface area (Å²) < 4.78 is 5.65. The monoisotopic (exact) mass is 442 g/mol. The number of hydrogen-bond donors (Lipinski definition) is 0. The predicted molar refractivity (Wildman–Crippen MR) is 124 cm³/mol. The summed E-state index contributed by atoms with van der Waals surface area (Å²) in [6.07, 6.45) is 2.25. The molecule has 1 saturated heterocycles. The maximum atomic E-state index is 13.3. The normalized spacial score (nSPS) is 16.0. The van der Waals surface area contributed by atoms with E-state index < -0.39 is 11.8 Å². The fourth-order valence-electron chi connectivity index (χ4n) is 3.12. The van der Waals surface area contributed by atoms with Crippen LogP contribution < -0.4 is 9.64 Å². The van der Waals surface area contributed by atoms with Crippen molar-refractivity contribution in [1.82, 2.24) is 4.90 Å². The van der Waals surface area contributed by atoms with E-state index in [2.05, 4.69) is 0 Å². The maximum Gasteiger partial charge on any atom is 0.270 e. The lowest BCUT2D eigenvalue weighted by Gasteiger charge is -2.36. The molecule has 5 nitrogen and oxygen atoms in total. The number of rotatable bonds is 6. The van der Waals surface area contributed by atoms with Crippen LogP contribution in [0.15, 0.2) is 54.1 Å². The highest BCUT2D eigenvalue weighted by Crippen LogP contribution is 2.30. The van der Waals surface area contributed by atoms with Gasteiger partial charge in [0.25, 0.3) is 11.8 Å². The summed E-state index contributed by atoms with van der Waals surface area (Å²) in [4.78, 5) is 29.2. The molecular weight excluding hydrogens is 420 g/mol. The van der Waals surface area contributed by atoms with E-state index in [9.17, 15) is 9.59 Å². The third-order valence-electron chi connectivity index (χ3n) is 4.42. The number of para-hydroxylation sites is 1. The van der Waals surface area contributed by atoms with Gasteiger partial charge in [-0.05, 0) is 68.4 Å². The number of thiocarbonyl (C=S) groups is 1. The zero-order valence-corrected chi connectivity index (χ0v) is 18.7. The minimum absolute atomic E-state index is 0.0174. The number of nitrogens with zero attached hydrogens (tertiary/aromatic N) is 2. The lowest BCUT2D eigenvalue weighted by molar-refractivity contribution is -0.127. The van der Waals surface area contributed by atoms with Crippen LogP contribution in [0.1, 0.15) is 32.8 Å². The largest absolute Gasteiger partial charge is 0.489 e. The molecule has 1 aliphatic rings. The quantitative estimate of drug-likeness (QED) is 0.355. The first kappa shape index (κ1) is 22.0. The van der Waals surface area contributed by atoms with Crippen molar-refractivity contribution in [1.29, 1.82) is 0 Å². The van der Waals surface area contributed by atoms with Gasteiger partial charge in [0.05, 0.1) is 16.8 Å². The van der Waals surface area contributed by atoms with Crippen LogP contribution in [-0.2, 0) is 9.59 Å². The van der Waals surface area contributed by atoms with Gasteiger partial charge in [-0.2, -0.15) is 0 Å². The van der Waals surface area contributed by atoms with Crippen molar-refractivity contribution in [2.45, 2.75) is 33.3 Å². The van der Waals surface area contributed by atoms with Crippen molar-refractivity contribution in [2.24, 2.45) is 0 Å². The van der Waals surface area contributed by atoms with E-state index in [-0.39, 0.29) is 16.8 Å². The van der Waals surface area contributed by atoms with E-state index in [1.807, 2.05) is 39.0 Å². The summed E-state index contributed by atoms with van der Waals surface area (Å²) in [6.45, 7) is 6.20. The molecule has 0 spiro atoms. The van der Waals surface area contributed by atoms with Crippen molar-refractivity contribution in [3.8, 4) is 5.75 Å².